The zero-order valence-electron chi connectivity index (χ0n) is 9.19. The molecular weight excluding hydrogens is 220 g/mol. The van der Waals surface area contributed by atoms with Crippen molar-refractivity contribution < 1.29 is 4.42 Å². The lowest BCUT2D eigenvalue weighted by atomic mass is 10.3. The second-order valence-electron chi connectivity index (χ2n) is 4.23. The molecule has 0 saturated heterocycles. The Kier molecular flexibility index (Phi) is 2.53. The smallest absolute Gasteiger partial charge is 0.236 e. The van der Waals surface area contributed by atoms with Gasteiger partial charge in [0.15, 0.2) is 0 Å². The van der Waals surface area contributed by atoms with Crippen LogP contribution in [0.25, 0.3) is 10.8 Å². The first-order chi connectivity index (χ1) is 7.83. The number of thiophene rings is 1. The number of oxazole rings is 1. The third-order valence-electron chi connectivity index (χ3n) is 2.76. The van der Waals surface area contributed by atoms with Gasteiger partial charge in [-0.2, -0.15) is 0 Å². The fraction of sp³-hybridized carbons (Fsp3) is 0.417. The van der Waals surface area contributed by atoms with E-state index in [1.54, 1.807) is 17.6 Å². The fourth-order valence-corrected chi connectivity index (χ4v) is 2.48. The van der Waals surface area contributed by atoms with E-state index in [9.17, 15) is 0 Å². The molecule has 0 atom stereocenters. The van der Waals surface area contributed by atoms with Gasteiger partial charge in [0.2, 0.25) is 5.89 Å². The second kappa shape index (κ2) is 4.03. The van der Waals surface area contributed by atoms with Gasteiger partial charge >= 0.3 is 0 Å². The Bertz CT molecular complexity index is 485. The molecule has 0 amide bonds. The van der Waals surface area contributed by atoms with Crippen molar-refractivity contribution in [2.45, 2.75) is 32.4 Å². The van der Waals surface area contributed by atoms with Crippen molar-refractivity contribution in [1.29, 1.82) is 0 Å². The Labute approximate surface area is 98.5 Å². The highest BCUT2D eigenvalue weighted by molar-refractivity contribution is 7.13. The summed E-state index contributed by atoms with van der Waals surface area (Å²) in [6, 6.07) is 2.80. The topological polar surface area (TPSA) is 38.1 Å². The molecule has 1 N–H and O–H groups in total. The van der Waals surface area contributed by atoms with Gasteiger partial charge < -0.3 is 9.73 Å². The van der Waals surface area contributed by atoms with Crippen LogP contribution < -0.4 is 5.32 Å². The second-order valence-corrected chi connectivity index (χ2v) is 5.15. The number of aryl methyl sites for hydroxylation is 1. The Morgan fingerprint density at radius 1 is 1.56 bits per heavy atom. The number of nitrogens with zero attached hydrogens (tertiary/aromatic N) is 1. The van der Waals surface area contributed by atoms with Crippen LogP contribution in [0.4, 0.5) is 0 Å². The lowest BCUT2D eigenvalue weighted by Crippen LogP contribution is -2.15. The lowest BCUT2D eigenvalue weighted by molar-refractivity contribution is 0.571. The van der Waals surface area contributed by atoms with Crippen molar-refractivity contribution in [2.75, 3.05) is 0 Å². The first kappa shape index (κ1) is 10.1. The van der Waals surface area contributed by atoms with E-state index in [0.717, 1.165) is 23.0 Å². The van der Waals surface area contributed by atoms with Crippen LogP contribution in [0.1, 0.15) is 24.1 Å². The van der Waals surface area contributed by atoms with Crippen molar-refractivity contribution >= 4 is 11.3 Å². The van der Waals surface area contributed by atoms with E-state index in [2.05, 4.69) is 28.7 Å². The molecule has 2 aromatic rings. The van der Waals surface area contributed by atoms with Gasteiger partial charge in [0.05, 0.1) is 10.6 Å². The molecule has 1 aliphatic carbocycles. The number of hydrogen-bond acceptors (Lipinski definition) is 4. The average Bonchev–Trinajstić information content (AvgIpc) is 2.82. The predicted octanol–water partition coefficient (Wildman–Crippen LogP) is 2.96. The molecule has 0 radical (unpaired) electrons. The van der Waals surface area contributed by atoms with Gasteiger partial charge in [0, 0.05) is 12.6 Å². The van der Waals surface area contributed by atoms with Crippen molar-refractivity contribution in [1.82, 2.24) is 10.3 Å². The maximum absolute atomic E-state index is 5.50. The highest BCUT2D eigenvalue weighted by Gasteiger charge is 2.20. The summed E-state index contributed by atoms with van der Waals surface area (Å²) in [5.41, 5.74) is 2.23. The molecule has 0 bridgehead atoms. The summed E-state index contributed by atoms with van der Waals surface area (Å²) >= 11 is 1.68. The third kappa shape index (κ3) is 2.03. The van der Waals surface area contributed by atoms with E-state index in [-0.39, 0.29) is 0 Å². The number of hydrogen-bond donors (Lipinski definition) is 1. The van der Waals surface area contributed by atoms with Gasteiger partial charge in [-0.3, -0.25) is 0 Å². The van der Waals surface area contributed by atoms with E-state index < -0.39 is 0 Å². The molecule has 0 unspecified atom stereocenters. The summed E-state index contributed by atoms with van der Waals surface area (Å²) in [6.07, 6.45) is 4.35. The maximum Gasteiger partial charge on any atom is 0.236 e. The molecule has 0 spiro atoms. The van der Waals surface area contributed by atoms with E-state index in [1.807, 2.05) is 0 Å². The van der Waals surface area contributed by atoms with E-state index >= 15 is 0 Å². The predicted molar refractivity (Wildman–Crippen MR) is 64.4 cm³/mol. The molecule has 0 aliphatic heterocycles. The molecule has 2 aromatic heterocycles. The minimum absolute atomic E-state index is 0.712. The summed E-state index contributed by atoms with van der Waals surface area (Å²) in [4.78, 5) is 5.63. The Hall–Kier alpha value is -1.13. The Balaban J connectivity index is 1.74. The molecule has 0 aromatic carbocycles. The molecule has 3 rings (SSSR count). The monoisotopic (exact) mass is 234 g/mol. The van der Waals surface area contributed by atoms with Gasteiger partial charge in [-0.1, -0.05) is 0 Å². The zero-order chi connectivity index (χ0) is 11.0. The normalized spacial score (nSPS) is 15.6. The molecule has 1 fully saturated rings. The summed E-state index contributed by atoms with van der Waals surface area (Å²) in [5.74, 6) is 0.750. The third-order valence-corrected chi connectivity index (χ3v) is 3.76. The number of rotatable bonds is 4. The first-order valence-corrected chi connectivity index (χ1v) is 6.43. The van der Waals surface area contributed by atoms with Crippen LogP contribution in [0.15, 0.2) is 22.1 Å². The van der Waals surface area contributed by atoms with Crippen LogP contribution in [0.3, 0.4) is 0 Å². The van der Waals surface area contributed by atoms with Crippen molar-refractivity contribution in [2.24, 2.45) is 0 Å². The Morgan fingerprint density at radius 3 is 3.12 bits per heavy atom. The maximum atomic E-state index is 5.50. The summed E-state index contributed by atoms with van der Waals surface area (Å²) < 4.78 is 5.50. The molecule has 84 valence electrons. The standard InChI is InChI=1S/C12H14N2OS/c1-8-4-5-16-11(8)12-14-10(7-15-12)6-13-9-2-3-9/h4-5,7,9,13H,2-3,6H2,1H3. The van der Waals surface area contributed by atoms with Crippen LogP contribution in [0.2, 0.25) is 0 Å². The summed E-state index contributed by atoms with van der Waals surface area (Å²) in [5, 5.41) is 5.49. The minimum atomic E-state index is 0.712. The van der Waals surface area contributed by atoms with E-state index in [1.165, 1.54) is 18.4 Å². The number of nitrogens with one attached hydrogen (secondary N) is 1. The van der Waals surface area contributed by atoms with E-state index in [4.69, 9.17) is 4.42 Å². The van der Waals surface area contributed by atoms with E-state index in [0.29, 0.717) is 6.04 Å². The minimum Gasteiger partial charge on any atom is -0.444 e. The molecular formula is C12H14N2OS. The molecule has 3 nitrogen and oxygen atoms in total. The van der Waals surface area contributed by atoms with Crippen LogP contribution >= 0.6 is 11.3 Å². The highest BCUT2D eigenvalue weighted by atomic mass is 32.1. The Morgan fingerprint density at radius 2 is 2.44 bits per heavy atom. The largest absolute Gasteiger partial charge is 0.444 e. The molecule has 1 aliphatic rings. The lowest BCUT2D eigenvalue weighted by Gasteiger charge is -1.96. The van der Waals surface area contributed by atoms with Gasteiger partial charge in [0.25, 0.3) is 0 Å². The summed E-state index contributed by atoms with van der Waals surface area (Å²) in [7, 11) is 0. The van der Waals surface area contributed by atoms with Crippen molar-refractivity contribution in [3.05, 3.63) is 29.0 Å². The number of aromatic nitrogens is 1. The van der Waals surface area contributed by atoms with Crippen LogP contribution in [0, 0.1) is 6.92 Å². The molecule has 2 heterocycles. The van der Waals surface area contributed by atoms with Crippen LogP contribution in [0.5, 0.6) is 0 Å². The average molecular weight is 234 g/mol. The SMILES string of the molecule is Cc1ccsc1-c1nc(CNC2CC2)co1. The van der Waals surface area contributed by atoms with Gasteiger partial charge in [-0.05, 0) is 36.8 Å². The van der Waals surface area contributed by atoms with Crippen LogP contribution in [-0.2, 0) is 6.54 Å². The van der Waals surface area contributed by atoms with Crippen molar-refractivity contribution in [3.8, 4) is 10.8 Å². The highest BCUT2D eigenvalue weighted by Crippen LogP contribution is 2.28. The fourth-order valence-electron chi connectivity index (χ4n) is 1.62. The zero-order valence-corrected chi connectivity index (χ0v) is 10.0. The van der Waals surface area contributed by atoms with Gasteiger partial charge in [0.1, 0.15) is 6.26 Å². The van der Waals surface area contributed by atoms with Crippen LogP contribution in [-0.4, -0.2) is 11.0 Å². The quantitative estimate of drug-likeness (QED) is 0.883. The van der Waals surface area contributed by atoms with Gasteiger partial charge in [-0.15, -0.1) is 11.3 Å². The summed E-state index contributed by atoms with van der Waals surface area (Å²) in [6.45, 7) is 2.90. The molecule has 4 heteroatoms. The van der Waals surface area contributed by atoms with Crippen molar-refractivity contribution in [3.63, 3.8) is 0 Å². The molecule has 1 saturated carbocycles. The first-order valence-electron chi connectivity index (χ1n) is 5.55. The van der Waals surface area contributed by atoms with Gasteiger partial charge in [-0.25, -0.2) is 4.98 Å². The molecule has 16 heavy (non-hydrogen) atoms.